The standard InChI is InChI=1S/C28H37N5O3S2.C2HF3O2/c1-20-16-21(26(34)32-12-4-3-6-25-23(32)9-15-38-25)7-8-22(20)17-29-28(36)33-19-37-18-24(33)27(35)31-11-5-10-30(2)13-14-31;3-2(4,5)1(6)7/h7-9,15-16,24H,3-6,10-14,17-19H2,1-2H3,(H,29,36);(H,6,7)/t24-;/m0./s1. The Hall–Kier alpha value is -3.30. The van der Waals surface area contributed by atoms with Crippen LogP contribution in [0.1, 0.15) is 45.6 Å². The molecule has 246 valence electrons. The maximum Gasteiger partial charge on any atom is 0.490 e. The Kier molecular flexibility index (Phi) is 11.8. The first-order valence-corrected chi connectivity index (χ1v) is 16.8. The van der Waals surface area contributed by atoms with Crippen molar-refractivity contribution >= 4 is 52.6 Å². The molecular formula is C30H38F3N5O5S2. The summed E-state index contributed by atoms with van der Waals surface area (Å²) in [5.74, 6) is -1.52. The van der Waals surface area contributed by atoms with Gasteiger partial charge >= 0.3 is 18.2 Å². The first-order chi connectivity index (χ1) is 21.4. The minimum absolute atomic E-state index is 0.0281. The van der Waals surface area contributed by atoms with Crippen molar-refractivity contribution in [1.82, 2.24) is 20.0 Å². The van der Waals surface area contributed by atoms with Crippen LogP contribution in [0.4, 0.5) is 23.7 Å². The molecular weight excluding hydrogens is 631 g/mol. The van der Waals surface area contributed by atoms with E-state index in [-0.39, 0.29) is 17.8 Å². The molecule has 4 amide bonds. The van der Waals surface area contributed by atoms with Crippen LogP contribution in [0.15, 0.2) is 29.6 Å². The number of benzene rings is 1. The second kappa shape index (κ2) is 15.3. The molecule has 15 heteroatoms. The average molecular weight is 670 g/mol. The molecule has 2 N–H and O–H groups in total. The fourth-order valence-corrected chi connectivity index (χ4v) is 7.50. The highest BCUT2D eigenvalue weighted by Gasteiger charge is 2.39. The molecule has 2 fully saturated rings. The Bertz CT molecular complexity index is 1390. The number of thioether (sulfide) groups is 1. The van der Waals surface area contributed by atoms with Gasteiger partial charge in [-0.1, -0.05) is 6.07 Å². The summed E-state index contributed by atoms with van der Waals surface area (Å²) < 4.78 is 31.7. The quantitative estimate of drug-likeness (QED) is 0.496. The van der Waals surface area contributed by atoms with E-state index in [1.807, 2.05) is 34.9 Å². The maximum atomic E-state index is 13.4. The molecule has 0 bridgehead atoms. The average Bonchev–Trinajstić information content (AvgIpc) is 3.57. The number of carbonyl (C=O) groups excluding carboxylic acids is 3. The Morgan fingerprint density at radius 2 is 1.78 bits per heavy atom. The van der Waals surface area contributed by atoms with E-state index in [2.05, 4.69) is 28.7 Å². The molecule has 10 nitrogen and oxygen atoms in total. The minimum atomic E-state index is -5.08. The third kappa shape index (κ3) is 8.91. The Labute approximate surface area is 268 Å². The molecule has 0 spiro atoms. The Balaban J connectivity index is 0.000000591. The maximum absolute atomic E-state index is 13.4. The topological polar surface area (TPSA) is 113 Å². The van der Waals surface area contributed by atoms with Gasteiger partial charge in [0.25, 0.3) is 5.91 Å². The zero-order valence-corrected chi connectivity index (χ0v) is 26.9. The molecule has 4 heterocycles. The molecule has 3 aliphatic heterocycles. The number of carboxylic acids is 1. The normalized spacial score (nSPS) is 19.1. The molecule has 0 unspecified atom stereocenters. The highest BCUT2D eigenvalue weighted by atomic mass is 32.2. The van der Waals surface area contributed by atoms with Crippen LogP contribution < -0.4 is 10.2 Å². The van der Waals surface area contributed by atoms with Crippen LogP contribution in [0, 0.1) is 6.92 Å². The summed E-state index contributed by atoms with van der Waals surface area (Å²) in [6, 6.07) is 7.15. The van der Waals surface area contributed by atoms with E-state index in [1.54, 1.807) is 28.0 Å². The lowest BCUT2D eigenvalue weighted by Crippen LogP contribution is -2.52. The van der Waals surface area contributed by atoms with E-state index in [9.17, 15) is 27.6 Å². The molecule has 2 saturated heterocycles. The summed E-state index contributed by atoms with van der Waals surface area (Å²) in [7, 11) is 2.08. The van der Waals surface area contributed by atoms with E-state index in [4.69, 9.17) is 9.90 Å². The molecule has 5 rings (SSSR count). The van der Waals surface area contributed by atoms with Crippen molar-refractivity contribution in [2.45, 2.75) is 51.4 Å². The number of urea groups is 1. The third-order valence-electron chi connectivity index (χ3n) is 8.01. The van der Waals surface area contributed by atoms with Crippen LogP contribution in [-0.2, 0) is 22.6 Å². The zero-order valence-electron chi connectivity index (χ0n) is 25.3. The van der Waals surface area contributed by atoms with Gasteiger partial charge in [0.1, 0.15) is 6.04 Å². The van der Waals surface area contributed by atoms with Crippen molar-refractivity contribution < 1.29 is 37.5 Å². The number of anilines is 1. The monoisotopic (exact) mass is 669 g/mol. The number of fused-ring (bicyclic) bond motifs is 1. The Morgan fingerprint density at radius 1 is 1.02 bits per heavy atom. The molecule has 0 saturated carbocycles. The molecule has 0 radical (unpaired) electrons. The van der Waals surface area contributed by atoms with Gasteiger partial charge in [0.05, 0.1) is 11.6 Å². The lowest BCUT2D eigenvalue weighted by atomic mass is 10.0. The first kappa shape index (κ1) is 34.6. The first-order valence-electron chi connectivity index (χ1n) is 14.7. The number of thiophene rings is 1. The number of nitrogens with zero attached hydrogens (tertiary/aromatic N) is 4. The van der Waals surface area contributed by atoms with Crippen LogP contribution in [0.25, 0.3) is 0 Å². The van der Waals surface area contributed by atoms with Gasteiger partial charge in [0.15, 0.2) is 0 Å². The number of rotatable bonds is 4. The molecule has 1 aromatic heterocycles. The summed E-state index contributed by atoms with van der Waals surface area (Å²) in [5.41, 5.74) is 3.65. The summed E-state index contributed by atoms with van der Waals surface area (Å²) >= 11 is 3.35. The van der Waals surface area contributed by atoms with Gasteiger partial charge in [-0.15, -0.1) is 23.1 Å². The van der Waals surface area contributed by atoms with Gasteiger partial charge in [-0.3, -0.25) is 9.59 Å². The number of alkyl halides is 3. The molecule has 2 aromatic rings. The molecule has 3 aliphatic rings. The van der Waals surface area contributed by atoms with Gasteiger partial charge in [0.2, 0.25) is 5.91 Å². The van der Waals surface area contributed by atoms with Crippen molar-refractivity contribution in [2.24, 2.45) is 0 Å². The number of hydrogen-bond donors (Lipinski definition) is 2. The SMILES string of the molecule is Cc1cc(C(=O)N2CCCCc3sccc32)ccc1CNC(=O)N1CSC[C@H]1C(=O)N1CCCN(C)CC1.O=C(O)C(F)(F)F. The number of aryl methyl sites for hydroxylation is 2. The van der Waals surface area contributed by atoms with Crippen LogP contribution in [-0.4, -0.2) is 107 Å². The number of carbonyl (C=O) groups is 4. The van der Waals surface area contributed by atoms with Crippen LogP contribution in [0.5, 0.6) is 0 Å². The smallest absolute Gasteiger partial charge is 0.475 e. The summed E-state index contributed by atoms with van der Waals surface area (Å²) in [4.78, 5) is 57.7. The van der Waals surface area contributed by atoms with Crippen molar-refractivity contribution in [3.8, 4) is 0 Å². The predicted molar refractivity (Wildman–Crippen MR) is 168 cm³/mol. The molecule has 0 aliphatic carbocycles. The minimum Gasteiger partial charge on any atom is -0.475 e. The second-order valence-electron chi connectivity index (χ2n) is 11.2. The number of hydrogen-bond acceptors (Lipinski definition) is 7. The van der Waals surface area contributed by atoms with Gasteiger partial charge in [-0.2, -0.15) is 13.2 Å². The fraction of sp³-hybridized carbons (Fsp3) is 0.533. The highest BCUT2D eigenvalue weighted by molar-refractivity contribution is 7.99. The van der Waals surface area contributed by atoms with Crippen LogP contribution in [0.2, 0.25) is 0 Å². The number of nitrogens with one attached hydrogen (secondary N) is 1. The van der Waals surface area contributed by atoms with Gasteiger partial charge < -0.3 is 30.0 Å². The highest BCUT2D eigenvalue weighted by Crippen LogP contribution is 2.32. The van der Waals surface area contributed by atoms with E-state index < -0.39 is 18.2 Å². The van der Waals surface area contributed by atoms with Gasteiger partial charge in [0, 0.05) is 48.9 Å². The number of halogens is 3. The number of aliphatic carboxylic acids is 1. The molecule has 1 atom stereocenters. The second-order valence-corrected chi connectivity index (χ2v) is 13.2. The number of amides is 4. The van der Waals surface area contributed by atoms with Crippen molar-refractivity contribution in [2.75, 3.05) is 56.3 Å². The summed E-state index contributed by atoms with van der Waals surface area (Å²) in [5, 5.41) is 12.2. The largest absolute Gasteiger partial charge is 0.490 e. The van der Waals surface area contributed by atoms with Gasteiger partial charge in [-0.25, -0.2) is 9.59 Å². The van der Waals surface area contributed by atoms with E-state index >= 15 is 0 Å². The number of carboxylic acid groups (broad SMARTS) is 1. The third-order valence-corrected chi connectivity index (χ3v) is 10.00. The summed E-state index contributed by atoms with van der Waals surface area (Å²) in [6.45, 7) is 6.38. The summed E-state index contributed by atoms with van der Waals surface area (Å²) in [6.07, 6.45) is -0.986. The van der Waals surface area contributed by atoms with Crippen LogP contribution >= 0.6 is 23.1 Å². The molecule has 45 heavy (non-hydrogen) atoms. The van der Waals surface area contributed by atoms with Crippen LogP contribution in [0.3, 0.4) is 0 Å². The predicted octanol–water partition coefficient (Wildman–Crippen LogP) is 4.42. The Morgan fingerprint density at radius 3 is 2.49 bits per heavy atom. The van der Waals surface area contributed by atoms with E-state index in [0.717, 1.165) is 68.7 Å². The lowest BCUT2D eigenvalue weighted by molar-refractivity contribution is -0.192. The molecule has 1 aromatic carbocycles. The van der Waals surface area contributed by atoms with Crippen molar-refractivity contribution in [1.29, 1.82) is 0 Å². The van der Waals surface area contributed by atoms with Gasteiger partial charge in [-0.05, 0) is 80.9 Å². The lowest BCUT2D eigenvalue weighted by Gasteiger charge is -2.29. The van der Waals surface area contributed by atoms with E-state index in [0.29, 0.717) is 30.3 Å². The fourth-order valence-electron chi connectivity index (χ4n) is 5.43. The zero-order chi connectivity index (χ0) is 32.7. The van der Waals surface area contributed by atoms with E-state index in [1.165, 1.54) is 4.88 Å². The van der Waals surface area contributed by atoms with Crippen molar-refractivity contribution in [3.05, 3.63) is 51.2 Å². The van der Waals surface area contributed by atoms with Crippen molar-refractivity contribution in [3.63, 3.8) is 0 Å². The number of likely N-dealkylation sites (N-methyl/N-ethyl adjacent to an activating group) is 1.